The SMILES string of the molecule is OCCCNC1CCCN(c2cccc(Br)n2)CC1. The Balaban J connectivity index is 1.86. The molecule has 1 aromatic rings. The van der Waals surface area contributed by atoms with Crippen LogP contribution < -0.4 is 10.2 Å². The molecule has 0 spiro atoms. The number of anilines is 1. The van der Waals surface area contributed by atoms with Crippen LogP contribution in [0.5, 0.6) is 0 Å². The number of nitrogens with zero attached hydrogens (tertiary/aromatic N) is 2. The fourth-order valence-electron chi connectivity index (χ4n) is 2.49. The summed E-state index contributed by atoms with van der Waals surface area (Å²) in [6, 6.07) is 6.64. The maximum atomic E-state index is 8.81. The van der Waals surface area contributed by atoms with Gasteiger partial charge >= 0.3 is 0 Å². The van der Waals surface area contributed by atoms with Crippen molar-refractivity contribution in [2.75, 3.05) is 31.1 Å². The van der Waals surface area contributed by atoms with Crippen LogP contribution in [0.25, 0.3) is 0 Å². The van der Waals surface area contributed by atoms with E-state index in [4.69, 9.17) is 5.11 Å². The van der Waals surface area contributed by atoms with E-state index < -0.39 is 0 Å². The summed E-state index contributed by atoms with van der Waals surface area (Å²) >= 11 is 3.43. The van der Waals surface area contributed by atoms with Gasteiger partial charge in [0.15, 0.2) is 0 Å². The normalized spacial score (nSPS) is 20.3. The highest BCUT2D eigenvalue weighted by Gasteiger charge is 2.17. The Morgan fingerprint density at radius 2 is 2.26 bits per heavy atom. The van der Waals surface area contributed by atoms with Crippen LogP contribution in [0.3, 0.4) is 0 Å². The fourth-order valence-corrected chi connectivity index (χ4v) is 2.82. The monoisotopic (exact) mass is 327 g/mol. The second kappa shape index (κ2) is 7.82. The van der Waals surface area contributed by atoms with Crippen LogP contribution in [-0.4, -0.2) is 42.4 Å². The molecule has 2 rings (SSSR count). The molecular weight excluding hydrogens is 306 g/mol. The number of hydrogen-bond donors (Lipinski definition) is 2. The maximum Gasteiger partial charge on any atom is 0.129 e. The van der Waals surface area contributed by atoms with Crippen molar-refractivity contribution in [1.29, 1.82) is 0 Å². The molecule has 0 amide bonds. The van der Waals surface area contributed by atoms with E-state index in [9.17, 15) is 0 Å². The van der Waals surface area contributed by atoms with Gasteiger partial charge in [0.05, 0.1) is 0 Å². The molecular formula is C14H22BrN3O. The summed E-state index contributed by atoms with van der Waals surface area (Å²) in [4.78, 5) is 6.89. The first-order chi connectivity index (χ1) is 9.29. The Morgan fingerprint density at radius 1 is 1.37 bits per heavy atom. The van der Waals surface area contributed by atoms with Crippen molar-refractivity contribution < 1.29 is 5.11 Å². The van der Waals surface area contributed by atoms with Crippen LogP contribution in [0.4, 0.5) is 5.82 Å². The van der Waals surface area contributed by atoms with Gasteiger partial charge in [0.2, 0.25) is 0 Å². The molecule has 0 aromatic carbocycles. The van der Waals surface area contributed by atoms with E-state index in [1.54, 1.807) is 0 Å². The Kier molecular flexibility index (Phi) is 6.07. The van der Waals surface area contributed by atoms with Crippen LogP contribution in [0.1, 0.15) is 25.7 Å². The number of aromatic nitrogens is 1. The molecule has 5 heteroatoms. The zero-order valence-corrected chi connectivity index (χ0v) is 12.8. The Hall–Kier alpha value is -0.650. The van der Waals surface area contributed by atoms with Crippen LogP contribution in [-0.2, 0) is 0 Å². The lowest BCUT2D eigenvalue weighted by atomic mass is 10.1. The molecule has 2 heterocycles. The minimum atomic E-state index is 0.272. The Morgan fingerprint density at radius 3 is 3.05 bits per heavy atom. The second-order valence-corrected chi connectivity index (χ2v) is 5.78. The molecule has 1 fully saturated rings. The van der Waals surface area contributed by atoms with E-state index >= 15 is 0 Å². The first-order valence-corrected chi connectivity index (χ1v) is 7.80. The molecule has 106 valence electrons. The van der Waals surface area contributed by atoms with Crippen molar-refractivity contribution in [3.05, 3.63) is 22.8 Å². The standard InChI is InChI=1S/C14H22BrN3O/c15-13-5-1-6-14(17-13)18-9-2-4-12(7-10-18)16-8-3-11-19/h1,5-6,12,16,19H,2-4,7-11H2. The largest absolute Gasteiger partial charge is 0.396 e. The average Bonchev–Trinajstić information content (AvgIpc) is 2.65. The van der Waals surface area contributed by atoms with E-state index in [1.165, 1.54) is 12.8 Å². The van der Waals surface area contributed by atoms with Gasteiger partial charge in [-0.2, -0.15) is 0 Å². The van der Waals surface area contributed by atoms with E-state index in [0.29, 0.717) is 6.04 Å². The molecule has 19 heavy (non-hydrogen) atoms. The first kappa shape index (κ1) is 14.8. The predicted molar refractivity (Wildman–Crippen MR) is 81.5 cm³/mol. The number of halogens is 1. The second-order valence-electron chi connectivity index (χ2n) is 4.96. The molecule has 1 saturated heterocycles. The summed E-state index contributed by atoms with van der Waals surface area (Å²) in [5.41, 5.74) is 0. The molecule has 1 aliphatic rings. The highest BCUT2D eigenvalue weighted by atomic mass is 79.9. The van der Waals surface area contributed by atoms with Gasteiger partial charge in [0, 0.05) is 25.7 Å². The summed E-state index contributed by atoms with van der Waals surface area (Å²) in [7, 11) is 0. The lowest BCUT2D eigenvalue weighted by Crippen LogP contribution is -2.32. The van der Waals surface area contributed by atoms with Crippen LogP contribution >= 0.6 is 15.9 Å². The molecule has 0 aliphatic carbocycles. The van der Waals surface area contributed by atoms with Crippen molar-refractivity contribution in [3.8, 4) is 0 Å². The van der Waals surface area contributed by atoms with Crippen molar-refractivity contribution >= 4 is 21.7 Å². The third kappa shape index (κ3) is 4.75. The summed E-state index contributed by atoms with van der Waals surface area (Å²) < 4.78 is 0.895. The lowest BCUT2D eigenvalue weighted by molar-refractivity contribution is 0.282. The molecule has 0 radical (unpaired) electrons. The number of hydrogen-bond acceptors (Lipinski definition) is 4. The summed E-state index contributed by atoms with van der Waals surface area (Å²) in [5.74, 6) is 1.06. The highest BCUT2D eigenvalue weighted by molar-refractivity contribution is 9.10. The summed E-state index contributed by atoms with van der Waals surface area (Å²) in [6.07, 6.45) is 4.37. The van der Waals surface area contributed by atoms with Crippen LogP contribution in [0.2, 0.25) is 0 Å². The topological polar surface area (TPSA) is 48.4 Å². The predicted octanol–water partition coefficient (Wildman–Crippen LogP) is 2.17. The van der Waals surface area contributed by atoms with Gasteiger partial charge in [-0.3, -0.25) is 0 Å². The zero-order valence-electron chi connectivity index (χ0n) is 11.2. The van der Waals surface area contributed by atoms with Crippen LogP contribution in [0.15, 0.2) is 22.8 Å². The molecule has 0 bridgehead atoms. The highest BCUT2D eigenvalue weighted by Crippen LogP contribution is 2.19. The van der Waals surface area contributed by atoms with E-state index in [2.05, 4.69) is 37.2 Å². The quantitative estimate of drug-likeness (QED) is 0.642. The Labute approximate surface area is 123 Å². The average molecular weight is 328 g/mol. The summed E-state index contributed by atoms with van der Waals surface area (Å²) in [6.45, 7) is 3.30. The van der Waals surface area contributed by atoms with E-state index in [1.807, 2.05) is 12.1 Å². The number of aliphatic hydroxyl groups excluding tert-OH is 1. The molecule has 1 atom stereocenters. The molecule has 2 N–H and O–H groups in total. The summed E-state index contributed by atoms with van der Waals surface area (Å²) in [5, 5.41) is 12.3. The minimum Gasteiger partial charge on any atom is -0.396 e. The van der Waals surface area contributed by atoms with Crippen molar-refractivity contribution in [2.45, 2.75) is 31.7 Å². The molecule has 1 aromatic heterocycles. The third-order valence-corrected chi connectivity index (χ3v) is 3.96. The van der Waals surface area contributed by atoms with Gasteiger partial charge in [-0.05, 0) is 60.3 Å². The molecule has 0 saturated carbocycles. The first-order valence-electron chi connectivity index (χ1n) is 7.01. The number of pyridine rings is 1. The molecule has 1 unspecified atom stereocenters. The Bertz CT molecular complexity index is 389. The van der Waals surface area contributed by atoms with Gasteiger partial charge in [0.25, 0.3) is 0 Å². The van der Waals surface area contributed by atoms with E-state index in [-0.39, 0.29) is 6.61 Å². The molecule has 1 aliphatic heterocycles. The van der Waals surface area contributed by atoms with Crippen molar-refractivity contribution in [2.24, 2.45) is 0 Å². The molecule has 4 nitrogen and oxygen atoms in total. The van der Waals surface area contributed by atoms with Gasteiger partial charge in [0.1, 0.15) is 10.4 Å². The van der Waals surface area contributed by atoms with Crippen molar-refractivity contribution in [1.82, 2.24) is 10.3 Å². The maximum absolute atomic E-state index is 8.81. The van der Waals surface area contributed by atoms with Crippen molar-refractivity contribution in [3.63, 3.8) is 0 Å². The smallest absolute Gasteiger partial charge is 0.129 e. The fraction of sp³-hybridized carbons (Fsp3) is 0.643. The van der Waals surface area contributed by atoms with Gasteiger partial charge in [-0.1, -0.05) is 6.07 Å². The minimum absolute atomic E-state index is 0.272. The number of rotatable bonds is 5. The lowest BCUT2D eigenvalue weighted by Gasteiger charge is -2.22. The van der Waals surface area contributed by atoms with Gasteiger partial charge < -0.3 is 15.3 Å². The third-order valence-electron chi connectivity index (χ3n) is 3.52. The van der Waals surface area contributed by atoms with Gasteiger partial charge in [-0.25, -0.2) is 4.98 Å². The zero-order chi connectivity index (χ0) is 13.5. The number of aliphatic hydroxyl groups is 1. The van der Waals surface area contributed by atoms with E-state index in [0.717, 1.165) is 42.9 Å². The number of nitrogens with one attached hydrogen (secondary N) is 1. The van der Waals surface area contributed by atoms with Crippen LogP contribution in [0, 0.1) is 0 Å². The van der Waals surface area contributed by atoms with Gasteiger partial charge in [-0.15, -0.1) is 0 Å².